The summed E-state index contributed by atoms with van der Waals surface area (Å²) in [5.74, 6) is -1.51. The van der Waals surface area contributed by atoms with Crippen molar-refractivity contribution in [3.8, 4) is 0 Å². The molecule has 84 valence electrons. The van der Waals surface area contributed by atoms with E-state index in [2.05, 4.69) is 5.32 Å². The molecule has 1 N–H and O–H groups in total. The lowest BCUT2D eigenvalue weighted by Crippen LogP contribution is -2.44. The maximum atomic E-state index is 11.8. The molecule has 0 atom stereocenters. The van der Waals surface area contributed by atoms with Crippen molar-refractivity contribution in [2.75, 3.05) is 5.32 Å². The highest BCUT2D eigenvalue weighted by atomic mass is 35.5. The summed E-state index contributed by atoms with van der Waals surface area (Å²) < 4.78 is -2.12. The maximum absolute atomic E-state index is 11.8. The number of alkyl halides is 2. The van der Waals surface area contributed by atoms with Gasteiger partial charge in [0.25, 0.3) is 10.2 Å². The Morgan fingerprint density at radius 1 is 1.06 bits per heavy atom. The summed E-state index contributed by atoms with van der Waals surface area (Å²) in [5.41, 5.74) is 0.389. The molecule has 0 saturated carbocycles. The minimum atomic E-state index is -2.12. The number of carbonyl (C=O) groups is 2. The molecule has 2 rings (SSSR count). The first-order valence-corrected chi connectivity index (χ1v) is 5.58. The van der Waals surface area contributed by atoms with Gasteiger partial charge in [0.15, 0.2) is 0 Å². The van der Waals surface area contributed by atoms with Crippen LogP contribution in [0.2, 0.25) is 10.0 Å². The fraction of sp³-hybridized carbons (Fsp3) is 0.111. The van der Waals surface area contributed by atoms with Gasteiger partial charge < -0.3 is 5.32 Å². The Hall–Kier alpha value is -0.480. The second-order valence-electron chi connectivity index (χ2n) is 3.17. The van der Waals surface area contributed by atoms with Crippen LogP contribution in [0.1, 0.15) is 10.4 Å². The SMILES string of the molecule is O=C1Nc2cc(Cl)c(Cl)cc2C(=O)C1(Cl)Cl. The van der Waals surface area contributed by atoms with Crippen LogP contribution >= 0.6 is 46.4 Å². The first-order valence-electron chi connectivity index (χ1n) is 4.07. The summed E-state index contributed by atoms with van der Waals surface area (Å²) in [5, 5.41) is 2.80. The second-order valence-corrected chi connectivity index (χ2v) is 5.31. The Morgan fingerprint density at radius 2 is 1.62 bits per heavy atom. The molecule has 0 fully saturated rings. The van der Waals surface area contributed by atoms with Crippen molar-refractivity contribution in [3.05, 3.63) is 27.7 Å². The molecule has 3 nitrogen and oxygen atoms in total. The highest BCUT2D eigenvalue weighted by molar-refractivity contribution is 6.71. The number of anilines is 1. The highest BCUT2D eigenvalue weighted by Crippen LogP contribution is 2.38. The van der Waals surface area contributed by atoms with E-state index >= 15 is 0 Å². The second kappa shape index (κ2) is 3.77. The average molecular weight is 299 g/mol. The number of ketones is 1. The van der Waals surface area contributed by atoms with Gasteiger partial charge >= 0.3 is 0 Å². The van der Waals surface area contributed by atoms with Crippen LogP contribution in [0.25, 0.3) is 0 Å². The molecule has 1 aromatic carbocycles. The lowest BCUT2D eigenvalue weighted by atomic mass is 10.0. The summed E-state index contributed by atoms with van der Waals surface area (Å²) in [7, 11) is 0. The van der Waals surface area contributed by atoms with Crippen molar-refractivity contribution < 1.29 is 9.59 Å². The third kappa shape index (κ3) is 1.68. The van der Waals surface area contributed by atoms with Crippen molar-refractivity contribution in [1.29, 1.82) is 0 Å². The minimum Gasteiger partial charge on any atom is -0.322 e. The van der Waals surface area contributed by atoms with E-state index in [0.717, 1.165) is 0 Å². The van der Waals surface area contributed by atoms with Crippen LogP contribution in [-0.4, -0.2) is 16.0 Å². The summed E-state index contributed by atoms with van der Waals surface area (Å²) in [6.45, 7) is 0. The highest BCUT2D eigenvalue weighted by Gasteiger charge is 2.47. The fourth-order valence-corrected chi connectivity index (χ4v) is 1.94. The molecule has 0 radical (unpaired) electrons. The Labute approximate surface area is 111 Å². The molecular weight excluding hydrogens is 296 g/mol. The van der Waals surface area contributed by atoms with Gasteiger partial charge in [-0.2, -0.15) is 0 Å². The Morgan fingerprint density at radius 3 is 2.25 bits per heavy atom. The number of fused-ring (bicyclic) bond motifs is 1. The molecule has 1 aliphatic rings. The zero-order valence-electron chi connectivity index (χ0n) is 7.48. The molecule has 0 spiro atoms. The third-order valence-electron chi connectivity index (χ3n) is 2.12. The lowest BCUT2D eigenvalue weighted by molar-refractivity contribution is -0.116. The van der Waals surface area contributed by atoms with Gasteiger partial charge in [-0.25, -0.2) is 0 Å². The molecule has 0 aromatic heterocycles. The number of hydrogen-bond acceptors (Lipinski definition) is 2. The molecule has 1 aromatic rings. The molecule has 7 heteroatoms. The van der Waals surface area contributed by atoms with Crippen LogP contribution in [0.5, 0.6) is 0 Å². The van der Waals surface area contributed by atoms with Crippen LogP contribution in [0.15, 0.2) is 12.1 Å². The number of rotatable bonds is 0. The summed E-state index contributed by atoms with van der Waals surface area (Å²) >= 11 is 22.8. The van der Waals surface area contributed by atoms with Gasteiger partial charge in [0, 0.05) is 5.56 Å². The van der Waals surface area contributed by atoms with Gasteiger partial charge in [0.1, 0.15) is 0 Å². The number of benzene rings is 1. The predicted octanol–water partition coefficient (Wildman–Crippen LogP) is 3.30. The Balaban J connectivity index is 2.65. The van der Waals surface area contributed by atoms with Crippen LogP contribution in [0, 0.1) is 0 Å². The molecule has 1 amide bonds. The van der Waals surface area contributed by atoms with E-state index in [1.807, 2.05) is 0 Å². The topological polar surface area (TPSA) is 46.2 Å². The van der Waals surface area contributed by atoms with Crippen molar-refractivity contribution >= 4 is 63.8 Å². The van der Waals surface area contributed by atoms with E-state index in [4.69, 9.17) is 46.4 Å². The van der Waals surface area contributed by atoms with Gasteiger partial charge in [-0.3, -0.25) is 9.59 Å². The number of carbonyl (C=O) groups excluding carboxylic acids is 2. The van der Waals surface area contributed by atoms with Crippen LogP contribution in [-0.2, 0) is 4.79 Å². The number of nitrogens with one attached hydrogen (secondary N) is 1. The molecule has 0 saturated heterocycles. The summed E-state index contributed by atoms with van der Waals surface area (Å²) in [4.78, 5) is 23.2. The normalized spacial score (nSPS) is 18.0. The third-order valence-corrected chi connectivity index (χ3v) is 3.53. The first-order chi connectivity index (χ1) is 7.34. The zero-order chi connectivity index (χ0) is 12.1. The monoisotopic (exact) mass is 297 g/mol. The lowest BCUT2D eigenvalue weighted by Gasteiger charge is -2.25. The van der Waals surface area contributed by atoms with Crippen molar-refractivity contribution in [2.24, 2.45) is 0 Å². The average Bonchev–Trinajstić information content (AvgIpc) is 2.20. The standard InChI is InChI=1S/C9H3Cl4NO2/c10-4-1-3-6(2-5(4)11)14-8(16)9(12,13)7(3)15/h1-2H,(H,14,16). The molecular formula is C9H3Cl4NO2. The van der Waals surface area contributed by atoms with Crippen LogP contribution < -0.4 is 5.32 Å². The minimum absolute atomic E-state index is 0.138. The Bertz CT molecular complexity index is 512. The van der Waals surface area contributed by atoms with Crippen molar-refractivity contribution in [1.82, 2.24) is 0 Å². The van der Waals surface area contributed by atoms with E-state index in [-0.39, 0.29) is 21.3 Å². The van der Waals surface area contributed by atoms with Gasteiger partial charge in [-0.05, 0) is 12.1 Å². The van der Waals surface area contributed by atoms with Crippen LogP contribution in [0.3, 0.4) is 0 Å². The summed E-state index contributed by atoms with van der Waals surface area (Å²) in [6.07, 6.45) is 0. The fourth-order valence-electron chi connectivity index (χ4n) is 1.31. The molecule has 1 aliphatic heterocycles. The zero-order valence-corrected chi connectivity index (χ0v) is 10.5. The molecule has 0 bridgehead atoms. The van der Waals surface area contributed by atoms with Gasteiger partial charge in [-0.15, -0.1) is 0 Å². The first kappa shape index (κ1) is 12.0. The van der Waals surface area contributed by atoms with E-state index in [0.29, 0.717) is 0 Å². The quantitative estimate of drug-likeness (QED) is 0.590. The molecule has 0 unspecified atom stereocenters. The van der Waals surface area contributed by atoms with Crippen LogP contribution in [0.4, 0.5) is 5.69 Å². The molecule has 16 heavy (non-hydrogen) atoms. The predicted molar refractivity (Wildman–Crippen MR) is 63.9 cm³/mol. The maximum Gasteiger partial charge on any atom is 0.269 e. The van der Waals surface area contributed by atoms with Gasteiger partial charge in [0.05, 0.1) is 15.7 Å². The smallest absolute Gasteiger partial charge is 0.269 e. The number of amides is 1. The van der Waals surface area contributed by atoms with Crippen molar-refractivity contribution in [2.45, 2.75) is 4.33 Å². The summed E-state index contributed by atoms with van der Waals surface area (Å²) in [6, 6.07) is 2.69. The largest absolute Gasteiger partial charge is 0.322 e. The Kier molecular flexibility index (Phi) is 2.83. The van der Waals surface area contributed by atoms with Gasteiger partial charge in [-0.1, -0.05) is 46.4 Å². The van der Waals surface area contributed by atoms with E-state index in [9.17, 15) is 9.59 Å². The van der Waals surface area contributed by atoms with Crippen molar-refractivity contribution in [3.63, 3.8) is 0 Å². The number of hydrogen-bond donors (Lipinski definition) is 1. The van der Waals surface area contributed by atoms with E-state index < -0.39 is 16.0 Å². The molecule has 1 heterocycles. The van der Waals surface area contributed by atoms with E-state index in [1.165, 1.54) is 12.1 Å². The molecule has 0 aliphatic carbocycles. The number of halogens is 4. The van der Waals surface area contributed by atoms with Gasteiger partial charge in [0.2, 0.25) is 5.78 Å². The van der Waals surface area contributed by atoms with E-state index in [1.54, 1.807) is 0 Å². The number of Topliss-reactive ketones (excluding diaryl/α,β-unsaturated/α-hetero) is 1.